The highest BCUT2D eigenvalue weighted by Crippen LogP contribution is 2.24. The lowest BCUT2D eigenvalue weighted by molar-refractivity contribution is -0.125. The number of hydrogen-bond acceptors (Lipinski definition) is 4. The topological polar surface area (TPSA) is 88.0 Å². The molecule has 21 heavy (non-hydrogen) atoms. The molecule has 4 N–H and O–H groups in total. The van der Waals surface area contributed by atoms with Gasteiger partial charge in [-0.1, -0.05) is 19.3 Å². The maximum Gasteiger partial charge on any atom is 0.225 e. The minimum absolute atomic E-state index is 0.0681. The molecule has 0 aliphatic heterocycles. The Labute approximate surface area is 133 Å². The number of aromatic nitrogens is 1. The average molecular weight is 327 g/mol. The smallest absolute Gasteiger partial charge is 0.225 e. The van der Waals surface area contributed by atoms with Crippen LogP contribution in [0.4, 0.5) is 0 Å². The molecule has 0 unspecified atom stereocenters. The van der Waals surface area contributed by atoms with Crippen molar-refractivity contribution >= 4 is 35.4 Å². The Kier molecular flexibility index (Phi) is 5.52. The van der Waals surface area contributed by atoms with Crippen LogP contribution >= 0.6 is 23.6 Å². The molecule has 2 atom stereocenters. The lowest BCUT2D eigenvalue weighted by atomic mass is 9.94. The van der Waals surface area contributed by atoms with Gasteiger partial charge in [-0.3, -0.25) is 9.59 Å². The van der Waals surface area contributed by atoms with E-state index >= 15 is 0 Å². The molecule has 1 aliphatic rings. The van der Waals surface area contributed by atoms with Crippen molar-refractivity contribution < 1.29 is 9.59 Å². The van der Waals surface area contributed by atoms with E-state index in [2.05, 4.69) is 10.3 Å². The first kappa shape index (κ1) is 16.2. The number of nitrogens with one attached hydrogen (secondary N) is 2. The molecule has 1 fully saturated rings. The summed E-state index contributed by atoms with van der Waals surface area (Å²) in [7, 11) is 0. The molecule has 0 aromatic carbocycles. The van der Waals surface area contributed by atoms with E-state index in [0.717, 1.165) is 42.7 Å². The molecular weight excluding hydrogens is 306 g/mol. The van der Waals surface area contributed by atoms with Gasteiger partial charge in [-0.25, -0.2) is 0 Å². The number of nitrogens with two attached hydrogens (primary N) is 1. The summed E-state index contributed by atoms with van der Waals surface area (Å²) in [5, 5.41) is 2.99. The second kappa shape index (κ2) is 7.17. The van der Waals surface area contributed by atoms with Gasteiger partial charge in [0.1, 0.15) is 0 Å². The van der Waals surface area contributed by atoms with Crippen molar-refractivity contribution in [2.45, 2.75) is 51.5 Å². The fourth-order valence-electron chi connectivity index (χ4n) is 2.83. The summed E-state index contributed by atoms with van der Waals surface area (Å²) >= 11 is 6.50. The zero-order valence-electron chi connectivity index (χ0n) is 12.1. The van der Waals surface area contributed by atoms with Crippen LogP contribution in [-0.4, -0.2) is 22.8 Å². The van der Waals surface area contributed by atoms with Crippen LogP contribution in [0, 0.1) is 16.8 Å². The van der Waals surface area contributed by atoms with E-state index in [1.807, 2.05) is 6.92 Å². The number of hydrogen-bond donors (Lipinski definition) is 3. The molecule has 0 saturated heterocycles. The minimum Gasteiger partial charge on any atom is -0.369 e. The Morgan fingerprint density at radius 2 is 2.10 bits per heavy atom. The Hall–Kier alpha value is -1.21. The van der Waals surface area contributed by atoms with Crippen LogP contribution in [0.25, 0.3) is 0 Å². The summed E-state index contributed by atoms with van der Waals surface area (Å²) in [4.78, 5) is 27.8. The Bertz CT molecular complexity index is 579. The summed E-state index contributed by atoms with van der Waals surface area (Å²) in [5.41, 5.74) is 6.41. The van der Waals surface area contributed by atoms with E-state index in [1.54, 1.807) is 0 Å². The van der Waals surface area contributed by atoms with Gasteiger partial charge in [0.25, 0.3) is 0 Å². The normalized spacial score (nSPS) is 22.5. The van der Waals surface area contributed by atoms with Crippen LogP contribution in [0.1, 0.15) is 42.7 Å². The summed E-state index contributed by atoms with van der Waals surface area (Å²) in [6.45, 7) is 1.91. The third-order valence-corrected chi connectivity index (χ3v) is 5.31. The van der Waals surface area contributed by atoms with Gasteiger partial charge >= 0.3 is 0 Å². The molecule has 0 bridgehead atoms. The predicted octanol–water partition coefficient (Wildman–Crippen LogP) is 2.21. The van der Waals surface area contributed by atoms with Crippen LogP contribution < -0.4 is 11.1 Å². The van der Waals surface area contributed by atoms with Crippen LogP contribution in [0.2, 0.25) is 0 Å². The van der Waals surface area contributed by atoms with Crippen molar-refractivity contribution in [2.75, 3.05) is 0 Å². The van der Waals surface area contributed by atoms with Crippen LogP contribution in [0.5, 0.6) is 0 Å². The summed E-state index contributed by atoms with van der Waals surface area (Å²) < 4.78 is 0.680. The fraction of sp³-hybridized carbons (Fsp3) is 0.643. The van der Waals surface area contributed by atoms with Gasteiger partial charge in [-0.05, 0) is 32.0 Å². The fourth-order valence-corrected chi connectivity index (χ4v) is 4.12. The van der Waals surface area contributed by atoms with E-state index in [-0.39, 0.29) is 23.8 Å². The van der Waals surface area contributed by atoms with Crippen molar-refractivity contribution in [1.82, 2.24) is 10.3 Å². The maximum absolute atomic E-state index is 12.2. The third-order valence-electron chi connectivity index (χ3n) is 3.97. The number of primary amides is 1. The number of thiazole rings is 1. The molecule has 5 nitrogen and oxygen atoms in total. The first-order chi connectivity index (χ1) is 9.97. The number of aromatic amines is 1. The molecule has 0 spiro atoms. The number of amides is 2. The van der Waals surface area contributed by atoms with E-state index < -0.39 is 0 Å². The highest BCUT2D eigenvalue weighted by molar-refractivity contribution is 7.73. The van der Waals surface area contributed by atoms with Crippen molar-refractivity contribution in [3.63, 3.8) is 0 Å². The van der Waals surface area contributed by atoms with Gasteiger partial charge in [0.15, 0.2) is 3.95 Å². The lowest BCUT2D eigenvalue weighted by Crippen LogP contribution is -2.45. The van der Waals surface area contributed by atoms with Gasteiger partial charge in [0.05, 0.1) is 12.3 Å². The molecule has 1 heterocycles. The number of carbonyl (C=O) groups is 2. The van der Waals surface area contributed by atoms with Gasteiger partial charge in [0, 0.05) is 16.6 Å². The first-order valence-electron chi connectivity index (χ1n) is 7.24. The Morgan fingerprint density at radius 1 is 1.38 bits per heavy atom. The zero-order chi connectivity index (χ0) is 15.4. The summed E-state index contributed by atoms with van der Waals surface area (Å²) in [5.74, 6) is -0.626. The summed E-state index contributed by atoms with van der Waals surface area (Å²) in [6.07, 6.45) is 5.00. The average Bonchev–Trinajstić information content (AvgIpc) is 2.61. The van der Waals surface area contributed by atoms with Crippen LogP contribution in [0.3, 0.4) is 0 Å². The first-order valence-corrected chi connectivity index (χ1v) is 8.47. The highest BCUT2D eigenvalue weighted by Gasteiger charge is 2.29. The van der Waals surface area contributed by atoms with Crippen molar-refractivity contribution in [1.29, 1.82) is 0 Å². The number of H-pyrrole nitrogens is 1. The Morgan fingerprint density at radius 3 is 2.71 bits per heavy atom. The SMILES string of the molecule is Cc1[nH]c(=S)sc1CC(=O)N[C@H]1CCCCC[C@@H]1C(N)=O. The number of carbonyl (C=O) groups excluding carboxylic acids is 2. The van der Waals surface area contributed by atoms with Gasteiger partial charge < -0.3 is 16.0 Å². The maximum atomic E-state index is 12.2. The van der Waals surface area contributed by atoms with Gasteiger partial charge in [-0.2, -0.15) is 0 Å². The number of aryl methyl sites for hydroxylation is 1. The molecule has 1 saturated carbocycles. The van der Waals surface area contributed by atoms with E-state index in [4.69, 9.17) is 18.0 Å². The second-order valence-electron chi connectivity index (χ2n) is 5.56. The zero-order valence-corrected chi connectivity index (χ0v) is 13.7. The molecule has 2 rings (SSSR count). The molecule has 0 radical (unpaired) electrons. The molecular formula is C14H21N3O2S2. The molecule has 1 aromatic rings. The quantitative estimate of drug-likeness (QED) is 0.585. The van der Waals surface area contributed by atoms with Crippen LogP contribution in [-0.2, 0) is 16.0 Å². The third kappa shape index (κ3) is 4.38. The predicted molar refractivity (Wildman–Crippen MR) is 85.6 cm³/mol. The molecule has 1 aliphatic carbocycles. The monoisotopic (exact) mass is 327 g/mol. The van der Waals surface area contributed by atoms with Gasteiger partial charge in [-0.15, -0.1) is 11.3 Å². The van der Waals surface area contributed by atoms with Gasteiger partial charge in [0.2, 0.25) is 11.8 Å². The molecule has 7 heteroatoms. The van der Waals surface area contributed by atoms with Crippen molar-refractivity contribution in [2.24, 2.45) is 11.7 Å². The van der Waals surface area contributed by atoms with Crippen molar-refractivity contribution in [3.8, 4) is 0 Å². The van der Waals surface area contributed by atoms with Crippen LogP contribution in [0.15, 0.2) is 0 Å². The summed E-state index contributed by atoms with van der Waals surface area (Å²) in [6, 6.07) is -0.135. The molecule has 116 valence electrons. The second-order valence-corrected chi connectivity index (χ2v) is 7.33. The largest absolute Gasteiger partial charge is 0.369 e. The highest BCUT2D eigenvalue weighted by atomic mass is 32.1. The van der Waals surface area contributed by atoms with E-state index in [1.165, 1.54) is 11.3 Å². The minimum atomic E-state index is -0.310. The number of rotatable bonds is 4. The van der Waals surface area contributed by atoms with E-state index in [9.17, 15) is 9.59 Å². The standard InChI is InChI=1S/C14H21N3O2S2/c1-8-11(21-14(20)16-8)7-12(18)17-10-6-4-2-3-5-9(10)13(15)19/h9-10H,2-7H2,1H3,(H2,15,19)(H,16,20)(H,17,18)/t9-,10-/m0/s1. The van der Waals surface area contributed by atoms with Crippen molar-refractivity contribution in [3.05, 3.63) is 14.5 Å². The Balaban J connectivity index is 2.01. The molecule has 1 aromatic heterocycles. The molecule has 2 amide bonds. The van der Waals surface area contributed by atoms with E-state index in [0.29, 0.717) is 10.4 Å². The lowest BCUT2D eigenvalue weighted by Gasteiger charge is -2.23.